The smallest absolute Gasteiger partial charge is 0.388 e. The number of aliphatic hydroxyl groups excluding tert-OH is 1. The summed E-state index contributed by atoms with van der Waals surface area (Å²) in [6.07, 6.45) is 0.164. The van der Waals surface area contributed by atoms with Crippen molar-refractivity contribution in [2.75, 3.05) is 16.8 Å². The van der Waals surface area contributed by atoms with Gasteiger partial charge in [0.15, 0.2) is 5.82 Å². The molecule has 4 aromatic carbocycles. The summed E-state index contributed by atoms with van der Waals surface area (Å²) >= 11 is 6.18. The van der Waals surface area contributed by atoms with Crippen molar-refractivity contribution >= 4 is 34.8 Å². The molecule has 0 aliphatic carbocycles. The minimum Gasteiger partial charge on any atom is -0.388 e. The van der Waals surface area contributed by atoms with Gasteiger partial charge in [-0.2, -0.15) is 0 Å². The summed E-state index contributed by atoms with van der Waals surface area (Å²) in [6, 6.07) is 22.7. The Balaban J connectivity index is 1.39. The Kier molecular flexibility index (Phi) is 7.62. The van der Waals surface area contributed by atoms with E-state index in [0.717, 1.165) is 0 Å². The molecule has 216 valence electrons. The number of anilines is 2. The van der Waals surface area contributed by atoms with Crippen molar-refractivity contribution in [3.8, 4) is 22.5 Å². The van der Waals surface area contributed by atoms with Crippen LogP contribution >= 0.6 is 11.6 Å². The van der Waals surface area contributed by atoms with Crippen LogP contribution < -0.4 is 16.0 Å². The van der Waals surface area contributed by atoms with Crippen molar-refractivity contribution in [1.29, 1.82) is 0 Å². The van der Waals surface area contributed by atoms with Gasteiger partial charge in [0.05, 0.1) is 17.2 Å². The Labute approximate surface area is 249 Å². The van der Waals surface area contributed by atoms with Crippen molar-refractivity contribution in [3.63, 3.8) is 0 Å². The summed E-state index contributed by atoms with van der Waals surface area (Å²) in [6.45, 7) is 0.313. The first kappa shape index (κ1) is 28.1. The molecule has 6 rings (SSSR count). The lowest BCUT2D eigenvalue weighted by molar-refractivity contribution is 0.0985. The number of carbonyl (C=O) groups is 2. The highest BCUT2D eigenvalue weighted by Gasteiger charge is 2.29. The first-order chi connectivity index (χ1) is 20.8. The third-order valence-electron chi connectivity index (χ3n) is 7.27. The Morgan fingerprint density at radius 1 is 1.02 bits per heavy atom. The number of aromatic nitrogens is 2. The predicted octanol–water partition coefficient (Wildman–Crippen LogP) is 6.22. The Morgan fingerprint density at radius 2 is 1.84 bits per heavy atom. The number of fused-ring (bicyclic) bond motifs is 1. The van der Waals surface area contributed by atoms with Crippen LogP contribution in [-0.2, 0) is 0 Å². The van der Waals surface area contributed by atoms with Crippen LogP contribution in [0.3, 0.4) is 0 Å². The number of aromatic amines is 1. The predicted molar refractivity (Wildman–Crippen MR) is 160 cm³/mol. The molecule has 0 spiro atoms. The van der Waals surface area contributed by atoms with Crippen molar-refractivity contribution in [2.24, 2.45) is 0 Å². The molecule has 3 N–H and O–H groups in total. The fraction of sp³-hybridized carbons (Fsp3) is 0.125. The van der Waals surface area contributed by atoms with Gasteiger partial charge in [-0.3, -0.25) is 19.1 Å². The van der Waals surface area contributed by atoms with Crippen molar-refractivity contribution in [2.45, 2.75) is 18.9 Å². The van der Waals surface area contributed by atoms with E-state index in [4.69, 9.17) is 16.1 Å². The first-order valence-corrected chi connectivity index (χ1v) is 13.8. The van der Waals surface area contributed by atoms with E-state index in [1.807, 2.05) is 6.07 Å². The van der Waals surface area contributed by atoms with Crippen LogP contribution in [0.5, 0.6) is 0 Å². The van der Waals surface area contributed by atoms with Crippen LogP contribution in [0.25, 0.3) is 22.5 Å². The van der Waals surface area contributed by atoms with Gasteiger partial charge >= 0.3 is 5.76 Å². The molecular formula is C32H24ClFN4O5. The molecule has 0 saturated heterocycles. The molecule has 2 heterocycles. The normalized spacial score (nSPS) is 14.6. The van der Waals surface area contributed by atoms with Crippen LogP contribution in [0.15, 0.2) is 94.2 Å². The minimum absolute atomic E-state index is 0.0356. The molecule has 0 saturated carbocycles. The minimum atomic E-state index is -0.834. The average Bonchev–Trinajstić information content (AvgIpc) is 3.38. The van der Waals surface area contributed by atoms with Gasteiger partial charge in [0.1, 0.15) is 5.82 Å². The summed E-state index contributed by atoms with van der Waals surface area (Å²) in [5.41, 5.74) is 2.50. The number of carbonyl (C=O) groups excluding carboxylic acids is 2. The number of nitrogens with one attached hydrogen (secondary N) is 2. The van der Waals surface area contributed by atoms with Crippen LogP contribution in [0.1, 0.15) is 45.2 Å². The number of amides is 2. The van der Waals surface area contributed by atoms with Crippen molar-refractivity contribution < 1.29 is 23.6 Å². The molecule has 43 heavy (non-hydrogen) atoms. The molecular weight excluding hydrogens is 575 g/mol. The second-order valence-electron chi connectivity index (χ2n) is 10.0. The lowest BCUT2D eigenvalue weighted by atomic mass is 9.98. The Morgan fingerprint density at radius 3 is 2.60 bits per heavy atom. The number of halogens is 2. The molecule has 1 atom stereocenters. The van der Waals surface area contributed by atoms with E-state index in [0.29, 0.717) is 46.8 Å². The van der Waals surface area contributed by atoms with E-state index < -0.39 is 29.5 Å². The fourth-order valence-electron chi connectivity index (χ4n) is 5.27. The van der Waals surface area contributed by atoms with E-state index >= 15 is 4.39 Å². The topological polar surface area (TPSA) is 129 Å². The molecule has 1 aliphatic rings. The Bertz CT molecular complexity index is 1910. The van der Waals surface area contributed by atoms with Gasteiger partial charge in [-0.05, 0) is 66.4 Å². The Hall–Kier alpha value is -5.06. The zero-order chi connectivity index (χ0) is 30.1. The van der Waals surface area contributed by atoms with E-state index in [9.17, 15) is 19.5 Å². The lowest BCUT2D eigenvalue weighted by Crippen LogP contribution is -2.32. The van der Waals surface area contributed by atoms with E-state index in [1.165, 1.54) is 35.2 Å². The van der Waals surface area contributed by atoms with Crippen LogP contribution in [0, 0.1) is 5.82 Å². The van der Waals surface area contributed by atoms with Crippen molar-refractivity contribution in [1.82, 2.24) is 10.1 Å². The summed E-state index contributed by atoms with van der Waals surface area (Å²) in [5, 5.41) is 17.6. The molecule has 1 unspecified atom stereocenters. The van der Waals surface area contributed by atoms with Gasteiger partial charge in [0.25, 0.3) is 11.8 Å². The number of H-pyrrole nitrogens is 1. The molecule has 9 nitrogen and oxygen atoms in total. The van der Waals surface area contributed by atoms with Crippen LogP contribution in [0.2, 0.25) is 5.02 Å². The molecule has 1 aromatic heterocycles. The monoisotopic (exact) mass is 598 g/mol. The SMILES string of the molecule is O=C(Nc1ccc(C(=O)N2CCCC(O)c3cc(Cl)ccc32)c(-c2noc(=O)[nH]2)c1)c1c(F)cccc1-c1ccccc1. The second kappa shape index (κ2) is 11.7. The number of aliphatic hydroxyl groups is 1. The highest BCUT2D eigenvalue weighted by atomic mass is 35.5. The molecule has 5 aromatic rings. The zero-order valence-corrected chi connectivity index (χ0v) is 23.3. The van der Waals surface area contributed by atoms with Gasteiger partial charge in [0.2, 0.25) is 0 Å². The van der Waals surface area contributed by atoms with Gasteiger partial charge in [-0.25, -0.2) is 9.18 Å². The summed E-state index contributed by atoms with van der Waals surface area (Å²) < 4.78 is 19.7. The molecule has 0 fully saturated rings. The van der Waals surface area contributed by atoms with Gasteiger partial charge < -0.3 is 15.3 Å². The number of nitrogens with zero attached hydrogens (tertiary/aromatic N) is 2. The number of hydrogen-bond donors (Lipinski definition) is 3. The standard InChI is InChI=1S/C32H24ClFN4O5/c33-19-11-14-26-24(16-19)27(39)10-5-15-38(26)31(41)22-13-12-20(17-23(22)29-36-32(42)43-37-29)35-30(40)28-21(8-4-9-25(28)34)18-6-2-1-3-7-18/h1-4,6-9,11-14,16-17,27,39H,5,10,15H2,(H,35,40)(H,36,37,42). The molecule has 0 bridgehead atoms. The van der Waals surface area contributed by atoms with Gasteiger partial charge in [0, 0.05) is 34.1 Å². The zero-order valence-electron chi connectivity index (χ0n) is 22.5. The molecule has 1 aliphatic heterocycles. The van der Waals surface area contributed by atoms with Gasteiger partial charge in [-0.1, -0.05) is 59.2 Å². The fourth-order valence-corrected chi connectivity index (χ4v) is 5.45. The quantitative estimate of drug-likeness (QED) is 0.220. The first-order valence-electron chi connectivity index (χ1n) is 13.4. The summed E-state index contributed by atoms with van der Waals surface area (Å²) in [4.78, 5) is 43.3. The maximum atomic E-state index is 15.0. The van der Waals surface area contributed by atoms with Crippen molar-refractivity contribution in [3.05, 3.63) is 123 Å². The average molecular weight is 599 g/mol. The number of hydrogen-bond acceptors (Lipinski definition) is 6. The van der Waals surface area contributed by atoms with E-state index in [1.54, 1.807) is 48.5 Å². The summed E-state index contributed by atoms with van der Waals surface area (Å²) in [5.74, 6) is -2.71. The summed E-state index contributed by atoms with van der Waals surface area (Å²) in [7, 11) is 0. The highest BCUT2D eigenvalue weighted by molar-refractivity contribution is 6.30. The van der Waals surface area contributed by atoms with Crippen LogP contribution in [0.4, 0.5) is 15.8 Å². The largest absolute Gasteiger partial charge is 0.439 e. The lowest BCUT2D eigenvalue weighted by Gasteiger charge is -2.24. The molecule has 11 heteroatoms. The molecule has 0 radical (unpaired) electrons. The van der Waals surface area contributed by atoms with E-state index in [-0.39, 0.29) is 28.2 Å². The third-order valence-corrected chi connectivity index (χ3v) is 7.51. The number of rotatable bonds is 5. The maximum Gasteiger partial charge on any atom is 0.439 e. The maximum absolute atomic E-state index is 15.0. The third kappa shape index (κ3) is 5.57. The van der Waals surface area contributed by atoms with E-state index in [2.05, 4.69) is 15.5 Å². The van der Waals surface area contributed by atoms with Crippen LogP contribution in [-0.4, -0.2) is 33.6 Å². The highest BCUT2D eigenvalue weighted by Crippen LogP contribution is 2.37. The second-order valence-corrected chi connectivity index (χ2v) is 10.4. The van der Waals surface area contributed by atoms with Gasteiger partial charge in [-0.15, -0.1) is 0 Å². The molecule has 2 amide bonds. The number of benzene rings is 4.